The lowest BCUT2D eigenvalue weighted by Crippen LogP contribution is -3.15. The molecular weight excluding hydrogens is 366 g/mol. The third-order valence-corrected chi connectivity index (χ3v) is 5.15. The van der Waals surface area contributed by atoms with E-state index in [4.69, 9.17) is 9.47 Å². The number of morpholine rings is 1. The van der Waals surface area contributed by atoms with Gasteiger partial charge in [0.2, 0.25) is 0 Å². The molecule has 1 aliphatic heterocycles. The second-order valence-electron chi connectivity index (χ2n) is 7.19. The Morgan fingerprint density at radius 2 is 1.83 bits per heavy atom. The maximum atomic E-state index is 12.2. The van der Waals surface area contributed by atoms with Gasteiger partial charge in [0.1, 0.15) is 18.8 Å². The van der Waals surface area contributed by atoms with Crippen LogP contribution in [0, 0.1) is 0 Å². The summed E-state index contributed by atoms with van der Waals surface area (Å²) in [6.07, 6.45) is 0.975. The largest absolute Gasteiger partial charge is 0.484 e. The highest BCUT2D eigenvalue weighted by Gasteiger charge is 2.29. The molecule has 3 rings (SSSR count). The summed E-state index contributed by atoms with van der Waals surface area (Å²) in [5, 5.41) is 4.39. The summed E-state index contributed by atoms with van der Waals surface area (Å²) in [6.45, 7) is 7.30. The zero-order chi connectivity index (χ0) is 20.5. The zero-order valence-corrected chi connectivity index (χ0v) is 17.2. The van der Waals surface area contributed by atoms with Gasteiger partial charge in [0, 0.05) is 5.56 Å². The van der Waals surface area contributed by atoms with Crippen LogP contribution >= 0.6 is 0 Å². The van der Waals surface area contributed by atoms with Crippen LogP contribution in [0.2, 0.25) is 0 Å². The first kappa shape index (κ1) is 21.0. The number of ether oxygens (including phenoxy) is 2. The van der Waals surface area contributed by atoms with E-state index in [1.807, 2.05) is 49.4 Å². The number of benzene rings is 2. The number of hydrogen-bond donors (Lipinski definition) is 2. The van der Waals surface area contributed by atoms with Crippen LogP contribution in [-0.2, 0) is 16.0 Å². The number of nitrogens with one attached hydrogen (secondary N) is 2. The van der Waals surface area contributed by atoms with Gasteiger partial charge in [-0.15, -0.1) is 0 Å². The van der Waals surface area contributed by atoms with Crippen LogP contribution in [0.4, 0.5) is 0 Å². The molecular formula is C23H30N3O3+. The fourth-order valence-corrected chi connectivity index (χ4v) is 3.56. The van der Waals surface area contributed by atoms with E-state index >= 15 is 0 Å². The van der Waals surface area contributed by atoms with Crippen LogP contribution in [0.1, 0.15) is 31.0 Å². The monoisotopic (exact) mass is 396 g/mol. The number of hydrogen-bond acceptors (Lipinski definition) is 4. The second kappa shape index (κ2) is 10.7. The minimum Gasteiger partial charge on any atom is -0.484 e. The average molecular weight is 397 g/mol. The van der Waals surface area contributed by atoms with Gasteiger partial charge in [-0.05, 0) is 31.0 Å². The number of carbonyl (C=O) groups excluding carboxylic acids is 1. The molecule has 6 nitrogen and oxygen atoms in total. The third kappa shape index (κ3) is 6.14. The molecule has 0 radical (unpaired) electrons. The fraction of sp³-hybridized carbons (Fsp3) is 0.391. The number of carbonyl (C=O) groups is 1. The molecule has 1 fully saturated rings. The Morgan fingerprint density at radius 3 is 2.48 bits per heavy atom. The van der Waals surface area contributed by atoms with Crippen LogP contribution in [0.15, 0.2) is 59.7 Å². The molecule has 0 saturated carbocycles. The van der Waals surface area contributed by atoms with Gasteiger partial charge >= 0.3 is 0 Å². The topological polar surface area (TPSA) is 64.4 Å². The van der Waals surface area contributed by atoms with Crippen LogP contribution in [0.5, 0.6) is 5.75 Å². The number of aryl methyl sites for hydroxylation is 1. The minimum atomic E-state index is -0.271. The number of amides is 1. The van der Waals surface area contributed by atoms with E-state index in [9.17, 15) is 4.79 Å². The van der Waals surface area contributed by atoms with Crippen molar-refractivity contribution in [2.24, 2.45) is 5.10 Å². The Labute approximate surface area is 172 Å². The molecule has 154 valence electrons. The Morgan fingerprint density at radius 1 is 1.14 bits per heavy atom. The van der Waals surface area contributed by atoms with Crippen molar-refractivity contribution in [2.75, 3.05) is 32.9 Å². The molecule has 6 heteroatoms. The molecule has 0 aliphatic carbocycles. The molecule has 1 saturated heterocycles. The van der Waals surface area contributed by atoms with Crippen molar-refractivity contribution in [3.05, 3.63) is 65.7 Å². The molecule has 0 spiro atoms. The first-order valence-electron chi connectivity index (χ1n) is 10.2. The van der Waals surface area contributed by atoms with Crippen LogP contribution in [0.3, 0.4) is 0 Å². The summed E-state index contributed by atoms with van der Waals surface area (Å²) in [7, 11) is 0. The molecule has 29 heavy (non-hydrogen) atoms. The van der Waals surface area contributed by atoms with Crippen molar-refractivity contribution < 1.29 is 19.2 Å². The van der Waals surface area contributed by atoms with Crippen molar-refractivity contribution in [2.45, 2.75) is 26.3 Å². The summed E-state index contributed by atoms with van der Waals surface area (Å²) in [6, 6.07) is 18.2. The van der Waals surface area contributed by atoms with Gasteiger partial charge in [0.25, 0.3) is 5.91 Å². The first-order chi connectivity index (χ1) is 14.2. The van der Waals surface area contributed by atoms with Gasteiger partial charge in [-0.1, -0.05) is 49.4 Å². The first-order valence-corrected chi connectivity index (χ1v) is 10.2. The number of quaternary nitrogens is 1. The zero-order valence-electron chi connectivity index (χ0n) is 17.2. The maximum Gasteiger partial charge on any atom is 0.277 e. The quantitative estimate of drug-likeness (QED) is 0.528. The summed E-state index contributed by atoms with van der Waals surface area (Å²) >= 11 is 0. The number of nitrogens with zero attached hydrogens (tertiary/aromatic N) is 1. The van der Waals surface area contributed by atoms with Gasteiger partial charge < -0.3 is 14.4 Å². The van der Waals surface area contributed by atoms with Crippen molar-refractivity contribution in [1.29, 1.82) is 0 Å². The summed E-state index contributed by atoms with van der Waals surface area (Å²) < 4.78 is 11.1. The Balaban J connectivity index is 1.60. The van der Waals surface area contributed by atoms with E-state index in [0.717, 1.165) is 38.4 Å². The molecule has 1 amide bonds. The van der Waals surface area contributed by atoms with Crippen molar-refractivity contribution in [3.63, 3.8) is 0 Å². The van der Waals surface area contributed by atoms with Crippen molar-refractivity contribution in [3.8, 4) is 5.75 Å². The Kier molecular flexibility index (Phi) is 7.78. The lowest BCUT2D eigenvalue weighted by molar-refractivity contribution is -0.928. The van der Waals surface area contributed by atoms with Gasteiger partial charge in [-0.3, -0.25) is 4.79 Å². The number of hydrazone groups is 1. The van der Waals surface area contributed by atoms with Gasteiger partial charge in [0.05, 0.1) is 18.9 Å². The van der Waals surface area contributed by atoms with E-state index in [1.54, 1.807) is 0 Å². The predicted molar refractivity (Wildman–Crippen MR) is 113 cm³/mol. The minimum absolute atomic E-state index is 0.0668. The Bertz CT molecular complexity index is 800. The van der Waals surface area contributed by atoms with Crippen molar-refractivity contribution >= 4 is 11.6 Å². The van der Waals surface area contributed by atoms with E-state index in [0.29, 0.717) is 5.75 Å². The molecule has 2 aromatic carbocycles. The molecule has 1 aliphatic rings. The van der Waals surface area contributed by atoms with Crippen LogP contribution < -0.4 is 15.1 Å². The van der Waals surface area contributed by atoms with E-state index in [2.05, 4.69) is 29.6 Å². The van der Waals surface area contributed by atoms with Gasteiger partial charge in [-0.25, -0.2) is 5.43 Å². The average Bonchev–Trinajstić information content (AvgIpc) is 2.78. The molecule has 0 aromatic heterocycles. The molecule has 2 aromatic rings. The van der Waals surface area contributed by atoms with E-state index < -0.39 is 0 Å². The summed E-state index contributed by atoms with van der Waals surface area (Å²) in [4.78, 5) is 13.6. The lowest BCUT2D eigenvalue weighted by atomic mass is 10.0. The predicted octanol–water partition coefficient (Wildman–Crippen LogP) is 1.78. The molecule has 1 atom stereocenters. The summed E-state index contributed by atoms with van der Waals surface area (Å²) in [5.41, 5.74) is 5.94. The molecule has 2 N–H and O–H groups in total. The summed E-state index contributed by atoms with van der Waals surface area (Å²) in [5.74, 6) is 0.408. The highest BCUT2D eigenvalue weighted by molar-refractivity contribution is 5.88. The smallest absolute Gasteiger partial charge is 0.277 e. The molecule has 0 unspecified atom stereocenters. The van der Waals surface area contributed by atoms with Crippen LogP contribution in [0.25, 0.3) is 0 Å². The molecule has 0 bridgehead atoms. The van der Waals surface area contributed by atoms with Gasteiger partial charge in [0.15, 0.2) is 12.6 Å². The highest BCUT2D eigenvalue weighted by Crippen LogP contribution is 2.13. The van der Waals surface area contributed by atoms with E-state index in [1.165, 1.54) is 16.0 Å². The second-order valence-corrected chi connectivity index (χ2v) is 7.19. The van der Waals surface area contributed by atoms with Crippen LogP contribution in [-0.4, -0.2) is 44.5 Å². The highest BCUT2D eigenvalue weighted by atomic mass is 16.5. The third-order valence-electron chi connectivity index (χ3n) is 5.15. The Hall–Kier alpha value is -2.70. The van der Waals surface area contributed by atoms with E-state index in [-0.39, 0.29) is 18.6 Å². The SMILES string of the molecule is CCc1ccc(OCC(=O)N/N=C(/C)[C@H](c2ccccc2)[NH+]2CCOCC2)cc1. The number of rotatable bonds is 8. The van der Waals surface area contributed by atoms with Gasteiger partial charge in [-0.2, -0.15) is 5.10 Å². The lowest BCUT2D eigenvalue weighted by Gasteiger charge is -2.31. The maximum absolute atomic E-state index is 12.2. The standard InChI is InChI=1S/C23H29N3O3/c1-3-19-9-11-21(12-10-19)29-17-22(27)25-24-18(2)23(20-7-5-4-6-8-20)26-13-15-28-16-14-26/h4-12,23H,3,13-17H2,1-2H3,(H,25,27)/p+1/b24-18-/t23-/m1/s1. The molecule has 1 heterocycles. The van der Waals surface area contributed by atoms with Crippen molar-refractivity contribution in [1.82, 2.24) is 5.43 Å². The fourth-order valence-electron chi connectivity index (χ4n) is 3.56. The normalized spacial score (nSPS) is 16.3.